The molecule has 0 unspecified atom stereocenters. The molecule has 2 N–H and O–H groups in total. The Hall–Kier alpha value is -2.12. The predicted octanol–water partition coefficient (Wildman–Crippen LogP) is 4.99. The van der Waals surface area contributed by atoms with E-state index in [1.54, 1.807) is 23.1 Å². The second-order valence-electron chi connectivity index (χ2n) is 6.34. The van der Waals surface area contributed by atoms with Gasteiger partial charge in [-0.2, -0.15) is 0 Å². The van der Waals surface area contributed by atoms with Crippen LogP contribution in [0.15, 0.2) is 29.4 Å². The van der Waals surface area contributed by atoms with Gasteiger partial charge in [0.15, 0.2) is 5.16 Å². The zero-order chi connectivity index (χ0) is 18.1. The molecule has 1 aromatic carbocycles. The van der Waals surface area contributed by atoms with Crippen molar-refractivity contribution in [2.45, 2.75) is 37.8 Å². The summed E-state index contributed by atoms with van der Waals surface area (Å²) in [4.78, 5) is 23.3. The van der Waals surface area contributed by atoms with Crippen LogP contribution >= 0.6 is 23.1 Å². The minimum atomic E-state index is -0.0804. The fourth-order valence-electron chi connectivity index (χ4n) is 3.33. The normalized spacial score (nSPS) is 13.5. The van der Waals surface area contributed by atoms with Gasteiger partial charge in [-0.15, -0.1) is 11.3 Å². The van der Waals surface area contributed by atoms with Crippen molar-refractivity contribution >= 4 is 56.4 Å². The summed E-state index contributed by atoms with van der Waals surface area (Å²) in [5.74, 6) is 0.780. The molecule has 7 heteroatoms. The van der Waals surface area contributed by atoms with E-state index in [0.29, 0.717) is 0 Å². The monoisotopic (exact) mass is 384 g/mol. The maximum Gasteiger partial charge on any atom is 0.221 e. The highest BCUT2D eigenvalue weighted by Gasteiger charge is 2.21. The molecule has 1 aliphatic rings. The number of fused-ring (bicyclic) bond motifs is 3. The molecule has 0 bridgehead atoms. The molecular weight excluding hydrogens is 364 g/mol. The Morgan fingerprint density at radius 1 is 1.19 bits per heavy atom. The van der Waals surface area contributed by atoms with Gasteiger partial charge >= 0.3 is 0 Å². The lowest BCUT2D eigenvalue weighted by Crippen LogP contribution is -2.06. The van der Waals surface area contributed by atoms with Crippen molar-refractivity contribution < 1.29 is 4.79 Å². The second kappa shape index (κ2) is 7.25. The summed E-state index contributed by atoms with van der Waals surface area (Å²) in [5, 5.41) is 8.22. The van der Waals surface area contributed by atoms with Crippen LogP contribution < -0.4 is 10.6 Å². The van der Waals surface area contributed by atoms with E-state index >= 15 is 0 Å². The van der Waals surface area contributed by atoms with Crippen LogP contribution in [0.1, 0.15) is 30.2 Å². The van der Waals surface area contributed by atoms with E-state index in [1.807, 2.05) is 30.5 Å². The average molecular weight is 385 g/mol. The van der Waals surface area contributed by atoms with E-state index in [0.717, 1.165) is 45.4 Å². The Labute approximate surface area is 160 Å². The highest BCUT2D eigenvalue weighted by atomic mass is 32.2. The molecule has 134 valence electrons. The summed E-state index contributed by atoms with van der Waals surface area (Å²) in [6.45, 7) is 1.51. The molecule has 1 amide bonds. The van der Waals surface area contributed by atoms with Gasteiger partial charge in [-0.3, -0.25) is 4.79 Å². The Morgan fingerprint density at radius 3 is 2.81 bits per heavy atom. The standard InChI is InChI=1S/C19H20N4OS2/c1-11(24)20-12-6-5-7-13(10-12)21-17-16-14-8-3-4-9-15(14)26-18(16)23-19(22-17)25-2/h5-7,10H,3-4,8-9H2,1-2H3,(H,20,24)(H,21,22,23). The summed E-state index contributed by atoms with van der Waals surface area (Å²) in [7, 11) is 0. The predicted molar refractivity (Wildman–Crippen MR) is 110 cm³/mol. The van der Waals surface area contributed by atoms with E-state index in [4.69, 9.17) is 9.97 Å². The number of amides is 1. The number of aromatic nitrogens is 2. The van der Waals surface area contributed by atoms with E-state index in [2.05, 4.69) is 10.6 Å². The number of carbonyl (C=O) groups is 1. The maximum atomic E-state index is 11.3. The van der Waals surface area contributed by atoms with Crippen LogP contribution in [0, 0.1) is 0 Å². The third-order valence-corrected chi connectivity index (χ3v) is 6.16. The van der Waals surface area contributed by atoms with Crippen LogP contribution in [0.2, 0.25) is 0 Å². The number of aryl methyl sites for hydroxylation is 2. The molecule has 5 nitrogen and oxygen atoms in total. The molecule has 0 saturated heterocycles. The van der Waals surface area contributed by atoms with Gasteiger partial charge in [-0.05, 0) is 55.7 Å². The Balaban J connectivity index is 1.78. The average Bonchev–Trinajstić information content (AvgIpc) is 3.00. The molecule has 4 rings (SSSR count). The number of anilines is 3. The molecule has 0 saturated carbocycles. The van der Waals surface area contributed by atoms with Crippen molar-refractivity contribution in [3.05, 3.63) is 34.7 Å². The minimum absolute atomic E-state index is 0.0804. The summed E-state index contributed by atoms with van der Waals surface area (Å²) in [6, 6.07) is 7.70. The van der Waals surface area contributed by atoms with Gasteiger partial charge in [-0.25, -0.2) is 9.97 Å². The first kappa shape index (κ1) is 17.3. The van der Waals surface area contributed by atoms with Gasteiger partial charge in [0, 0.05) is 23.2 Å². The van der Waals surface area contributed by atoms with E-state index in [-0.39, 0.29) is 5.91 Å². The molecule has 0 fully saturated rings. The number of rotatable bonds is 4. The van der Waals surface area contributed by atoms with Crippen molar-refractivity contribution in [2.24, 2.45) is 0 Å². The first-order valence-corrected chi connectivity index (χ1v) is 10.7. The SMILES string of the molecule is CSc1nc(Nc2cccc(NC(C)=O)c2)c2c3c(sc2n1)CCCC3. The number of nitrogens with zero attached hydrogens (tertiary/aromatic N) is 2. The second-order valence-corrected chi connectivity index (χ2v) is 8.19. The summed E-state index contributed by atoms with van der Waals surface area (Å²) in [5.41, 5.74) is 3.08. The van der Waals surface area contributed by atoms with Crippen molar-refractivity contribution in [2.75, 3.05) is 16.9 Å². The molecule has 0 spiro atoms. The number of thioether (sulfide) groups is 1. The van der Waals surface area contributed by atoms with Gasteiger partial charge in [-0.1, -0.05) is 17.8 Å². The number of benzene rings is 1. The topological polar surface area (TPSA) is 66.9 Å². The summed E-state index contributed by atoms with van der Waals surface area (Å²) >= 11 is 3.36. The quantitative estimate of drug-likeness (QED) is 0.490. The van der Waals surface area contributed by atoms with Crippen LogP contribution in [0.25, 0.3) is 10.2 Å². The number of carbonyl (C=O) groups excluding carboxylic acids is 1. The maximum absolute atomic E-state index is 11.3. The van der Waals surface area contributed by atoms with Crippen molar-refractivity contribution in [3.63, 3.8) is 0 Å². The number of thiophene rings is 1. The van der Waals surface area contributed by atoms with Crippen molar-refractivity contribution in [1.82, 2.24) is 9.97 Å². The van der Waals surface area contributed by atoms with Crippen LogP contribution in [0.3, 0.4) is 0 Å². The number of hydrogen-bond acceptors (Lipinski definition) is 6. The fraction of sp³-hybridized carbons (Fsp3) is 0.316. The lowest BCUT2D eigenvalue weighted by atomic mass is 9.97. The molecule has 0 radical (unpaired) electrons. The zero-order valence-corrected chi connectivity index (χ0v) is 16.4. The Bertz CT molecular complexity index is 983. The smallest absolute Gasteiger partial charge is 0.221 e. The van der Waals surface area contributed by atoms with E-state index in [1.165, 1.54) is 30.2 Å². The van der Waals surface area contributed by atoms with Gasteiger partial charge in [0.25, 0.3) is 0 Å². The van der Waals surface area contributed by atoms with Gasteiger partial charge < -0.3 is 10.6 Å². The first-order chi connectivity index (χ1) is 12.6. The number of hydrogen-bond donors (Lipinski definition) is 2. The molecule has 1 aliphatic carbocycles. The Morgan fingerprint density at radius 2 is 2.00 bits per heavy atom. The molecule has 0 atom stereocenters. The van der Waals surface area contributed by atoms with Gasteiger partial charge in [0.05, 0.1) is 5.39 Å². The lowest BCUT2D eigenvalue weighted by molar-refractivity contribution is -0.114. The third kappa shape index (κ3) is 3.41. The summed E-state index contributed by atoms with van der Waals surface area (Å²) in [6.07, 6.45) is 6.71. The van der Waals surface area contributed by atoms with Crippen LogP contribution in [0.5, 0.6) is 0 Å². The van der Waals surface area contributed by atoms with Gasteiger partial charge in [0.2, 0.25) is 5.91 Å². The molecule has 2 aromatic heterocycles. The van der Waals surface area contributed by atoms with Crippen molar-refractivity contribution in [1.29, 1.82) is 0 Å². The van der Waals surface area contributed by atoms with Crippen LogP contribution in [0.4, 0.5) is 17.2 Å². The third-order valence-electron chi connectivity index (χ3n) is 4.42. The summed E-state index contributed by atoms with van der Waals surface area (Å²) < 4.78 is 0. The molecule has 0 aliphatic heterocycles. The first-order valence-electron chi connectivity index (χ1n) is 8.65. The molecule has 26 heavy (non-hydrogen) atoms. The largest absolute Gasteiger partial charge is 0.339 e. The highest BCUT2D eigenvalue weighted by Crippen LogP contribution is 2.40. The van der Waals surface area contributed by atoms with Crippen LogP contribution in [-0.4, -0.2) is 22.1 Å². The Kier molecular flexibility index (Phi) is 4.82. The van der Waals surface area contributed by atoms with E-state index in [9.17, 15) is 4.79 Å². The highest BCUT2D eigenvalue weighted by molar-refractivity contribution is 7.98. The fourth-order valence-corrected chi connectivity index (χ4v) is 5.02. The lowest BCUT2D eigenvalue weighted by Gasteiger charge is -2.13. The zero-order valence-electron chi connectivity index (χ0n) is 14.8. The minimum Gasteiger partial charge on any atom is -0.339 e. The van der Waals surface area contributed by atoms with Crippen molar-refractivity contribution in [3.8, 4) is 0 Å². The number of nitrogens with one attached hydrogen (secondary N) is 2. The van der Waals surface area contributed by atoms with Crippen LogP contribution in [-0.2, 0) is 17.6 Å². The molecule has 2 heterocycles. The molecular formula is C19H20N4OS2. The van der Waals surface area contributed by atoms with E-state index < -0.39 is 0 Å². The van der Waals surface area contributed by atoms with Gasteiger partial charge in [0.1, 0.15) is 10.6 Å². The molecule has 3 aromatic rings.